The highest BCUT2D eigenvalue weighted by Gasteiger charge is 2.20. The van der Waals surface area contributed by atoms with Crippen LogP contribution in [-0.4, -0.2) is 44.4 Å². The van der Waals surface area contributed by atoms with Gasteiger partial charge in [-0.15, -0.1) is 10.2 Å². The SMILES string of the molecule is O=C(CSc1nnc(-c2ccc3c(c2)OCO3)n1-c1ccccc1)N/N=C/c1cccnc1. The molecule has 10 heteroatoms. The molecule has 0 spiro atoms. The Morgan fingerprint density at radius 2 is 1.97 bits per heavy atom. The molecule has 0 bridgehead atoms. The Bertz CT molecular complexity index is 1290. The van der Waals surface area contributed by atoms with Crippen LogP contribution in [0.3, 0.4) is 0 Å². The molecule has 1 amide bonds. The molecule has 9 nitrogen and oxygen atoms in total. The summed E-state index contributed by atoms with van der Waals surface area (Å²) in [6.07, 6.45) is 4.87. The number of nitrogens with zero attached hydrogens (tertiary/aromatic N) is 5. The Labute approximate surface area is 193 Å². The summed E-state index contributed by atoms with van der Waals surface area (Å²) in [6, 6.07) is 19.0. The Kier molecular flexibility index (Phi) is 5.98. The summed E-state index contributed by atoms with van der Waals surface area (Å²) >= 11 is 1.27. The zero-order valence-corrected chi connectivity index (χ0v) is 18.1. The van der Waals surface area contributed by atoms with Gasteiger partial charge in [0.1, 0.15) is 0 Å². The quantitative estimate of drug-likeness (QED) is 0.257. The minimum atomic E-state index is -0.257. The first-order valence-electron chi connectivity index (χ1n) is 10.0. The Balaban J connectivity index is 1.35. The predicted octanol–water partition coefficient (Wildman–Crippen LogP) is 3.30. The van der Waals surface area contributed by atoms with E-state index in [1.165, 1.54) is 11.8 Å². The van der Waals surface area contributed by atoms with Crippen LogP contribution in [0, 0.1) is 0 Å². The zero-order chi connectivity index (χ0) is 22.5. The molecule has 1 aliphatic heterocycles. The molecule has 0 saturated heterocycles. The highest BCUT2D eigenvalue weighted by molar-refractivity contribution is 7.99. The van der Waals surface area contributed by atoms with Crippen LogP contribution in [0.25, 0.3) is 17.1 Å². The number of nitrogens with one attached hydrogen (secondary N) is 1. The van der Waals surface area contributed by atoms with Gasteiger partial charge in [-0.2, -0.15) is 5.10 Å². The molecule has 0 radical (unpaired) electrons. The van der Waals surface area contributed by atoms with Gasteiger partial charge in [-0.1, -0.05) is 36.0 Å². The van der Waals surface area contributed by atoms with E-state index in [-0.39, 0.29) is 18.5 Å². The van der Waals surface area contributed by atoms with Crippen LogP contribution in [0.15, 0.2) is 83.3 Å². The molecule has 2 aromatic heterocycles. The fourth-order valence-electron chi connectivity index (χ4n) is 3.19. The van der Waals surface area contributed by atoms with Crippen molar-refractivity contribution >= 4 is 23.9 Å². The first-order chi connectivity index (χ1) is 16.3. The fourth-order valence-corrected chi connectivity index (χ4v) is 3.93. The van der Waals surface area contributed by atoms with Gasteiger partial charge in [0.25, 0.3) is 5.91 Å². The van der Waals surface area contributed by atoms with Crippen LogP contribution in [0.1, 0.15) is 5.56 Å². The van der Waals surface area contributed by atoms with Crippen LogP contribution in [0.4, 0.5) is 0 Å². The number of hydrogen-bond donors (Lipinski definition) is 1. The monoisotopic (exact) mass is 458 g/mol. The van der Waals surface area contributed by atoms with Crippen molar-refractivity contribution in [1.82, 2.24) is 25.2 Å². The van der Waals surface area contributed by atoms with E-state index in [4.69, 9.17) is 9.47 Å². The largest absolute Gasteiger partial charge is 0.454 e. The summed E-state index contributed by atoms with van der Waals surface area (Å²) in [7, 11) is 0. The van der Waals surface area contributed by atoms with Crippen molar-refractivity contribution in [3.8, 4) is 28.6 Å². The maximum atomic E-state index is 12.3. The number of fused-ring (bicyclic) bond motifs is 1. The lowest BCUT2D eigenvalue weighted by atomic mass is 10.2. The smallest absolute Gasteiger partial charge is 0.250 e. The van der Waals surface area contributed by atoms with E-state index < -0.39 is 0 Å². The molecule has 4 aromatic rings. The molecule has 2 aromatic carbocycles. The van der Waals surface area contributed by atoms with Crippen molar-refractivity contribution in [2.75, 3.05) is 12.5 Å². The average molecular weight is 459 g/mol. The highest BCUT2D eigenvalue weighted by atomic mass is 32.2. The number of carbonyl (C=O) groups is 1. The maximum absolute atomic E-state index is 12.3. The van der Waals surface area contributed by atoms with Gasteiger partial charge < -0.3 is 9.47 Å². The van der Waals surface area contributed by atoms with Crippen molar-refractivity contribution < 1.29 is 14.3 Å². The van der Waals surface area contributed by atoms with Gasteiger partial charge >= 0.3 is 0 Å². The predicted molar refractivity (Wildman–Crippen MR) is 124 cm³/mol. The van der Waals surface area contributed by atoms with Crippen LogP contribution < -0.4 is 14.9 Å². The lowest BCUT2D eigenvalue weighted by Crippen LogP contribution is -2.20. The van der Waals surface area contributed by atoms with Gasteiger partial charge in [0.15, 0.2) is 22.5 Å². The number of hydrazone groups is 1. The van der Waals surface area contributed by atoms with Crippen LogP contribution >= 0.6 is 11.8 Å². The number of ether oxygens (including phenoxy) is 2. The molecule has 3 heterocycles. The molecule has 164 valence electrons. The molecule has 0 aliphatic carbocycles. The second-order valence-electron chi connectivity index (χ2n) is 6.91. The minimum absolute atomic E-state index is 0.122. The van der Waals surface area contributed by atoms with Crippen molar-refractivity contribution in [2.24, 2.45) is 5.10 Å². The molecule has 0 saturated carbocycles. The number of para-hydroxylation sites is 1. The summed E-state index contributed by atoms with van der Waals surface area (Å²) in [5, 5.41) is 13.3. The molecule has 0 fully saturated rings. The molecule has 0 unspecified atom stereocenters. The normalized spacial score (nSPS) is 12.2. The average Bonchev–Trinajstić information content (AvgIpc) is 3.50. The number of pyridine rings is 1. The third kappa shape index (κ3) is 4.70. The molecule has 0 atom stereocenters. The summed E-state index contributed by atoms with van der Waals surface area (Å²) < 4.78 is 12.8. The third-order valence-corrected chi connectivity index (χ3v) is 5.63. The molecular weight excluding hydrogens is 440 g/mol. The standard InChI is InChI=1S/C23H18N6O3S/c30-21(26-25-13-16-5-4-10-24-12-16)14-33-23-28-27-22(29(23)18-6-2-1-3-7-18)17-8-9-19-20(11-17)32-15-31-19/h1-13H,14-15H2,(H,26,30)/b25-13+. The van der Waals surface area contributed by atoms with Gasteiger partial charge in [-0.25, -0.2) is 5.43 Å². The van der Waals surface area contributed by atoms with E-state index in [0.717, 1.165) is 16.8 Å². The number of carbonyl (C=O) groups excluding carboxylic acids is 1. The summed E-state index contributed by atoms with van der Waals surface area (Å²) in [5.41, 5.74) is 5.02. The van der Waals surface area contributed by atoms with Crippen LogP contribution in [0.5, 0.6) is 11.5 Å². The molecule has 5 rings (SSSR count). The first kappa shape index (κ1) is 20.7. The minimum Gasteiger partial charge on any atom is -0.454 e. The zero-order valence-electron chi connectivity index (χ0n) is 17.3. The van der Waals surface area contributed by atoms with Crippen molar-refractivity contribution in [2.45, 2.75) is 5.16 Å². The van der Waals surface area contributed by atoms with Gasteiger partial charge in [0, 0.05) is 29.2 Å². The highest BCUT2D eigenvalue weighted by Crippen LogP contribution is 2.36. The number of rotatable bonds is 7. The lowest BCUT2D eigenvalue weighted by molar-refractivity contribution is -0.118. The maximum Gasteiger partial charge on any atom is 0.250 e. The van der Waals surface area contributed by atoms with E-state index in [0.29, 0.717) is 22.5 Å². The van der Waals surface area contributed by atoms with Crippen LogP contribution in [0.2, 0.25) is 0 Å². The summed E-state index contributed by atoms with van der Waals surface area (Å²) in [4.78, 5) is 16.3. The Morgan fingerprint density at radius 3 is 2.82 bits per heavy atom. The number of hydrogen-bond acceptors (Lipinski definition) is 8. The Hall–Kier alpha value is -4.18. The third-order valence-electron chi connectivity index (χ3n) is 4.70. The van der Waals surface area contributed by atoms with Gasteiger partial charge in [0.2, 0.25) is 6.79 Å². The molecule has 1 aliphatic rings. The second kappa shape index (κ2) is 9.53. The number of amides is 1. The van der Waals surface area contributed by atoms with Crippen LogP contribution in [-0.2, 0) is 4.79 Å². The first-order valence-corrected chi connectivity index (χ1v) is 11.0. The summed E-state index contributed by atoms with van der Waals surface area (Å²) in [6.45, 7) is 0.198. The second-order valence-corrected chi connectivity index (χ2v) is 7.86. The van der Waals surface area contributed by atoms with E-state index in [1.807, 2.05) is 59.2 Å². The molecule has 33 heavy (non-hydrogen) atoms. The van der Waals surface area contributed by atoms with E-state index >= 15 is 0 Å². The van der Waals surface area contributed by atoms with Gasteiger partial charge in [-0.05, 0) is 36.4 Å². The van der Waals surface area contributed by atoms with Gasteiger partial charge in [-0.3, -0.25) is 14.3 Å². The number of aromatic nitrogens is 4. The molecular formula is C23H18N6O3S. The number of benzene rings is 2. The Morgan fingerprint density at radius 1 is 1.09 bits per heavy atom. The topological polar surface area (TPSA) is 104 Å². The number of thioether (sulfide) groups is 1. The van der Waals surface area contributed by atoms with E-state index in [9.17, 15) is 4.79 Å². The molecule has 1 N–H and O–H groups in total. The van der Waals surface area contributed by atoms with Crippen molar-refractivity contribution in [3.05, 3.63) is 78.6 Å². The van der Waals surface area contributed by atoms with E-state index in [1.54, 1.807) is 24.7 Å². The van der Waals surface area contributed by atoms with E-state index in [2.05, 4.69) is 25.7 Å². The fraction of sp³-hybridized carbons (Fsp3) is 0.0870. The lowest BCUT2D eigenvalue weighted by Gasteiger charge is -2.10. The van der Waals surface area contributed by atoms with Crippen molar-refractivity contribution in [3.63, 3.8) is 0 Å². The van der Waals surface area contributed by atoms with Gasteiger partial charge in [0.05, 0.1) is 12.0 Å². The van der Waals surface area contributed by atoms with Crippen molar-refractivity contribution in [1.29, 1.82) is 0 Å². The summed E-state index contributed by atoms with van der Waals surface area (Å²) in [5.74, 6) is 1.86.